The van der Waals surface area contributed by atoms with Gasteiger partial charge in [0.05, 0.1) is 11.1 Å². The van der Waals surface area contributed by atoms with Crippen molar-refractivity contribution < 1.29 is 4.79 Å². The largest absolute Gasteiger partial charge is 0.330 e. The van der Waals surface area contributed by atoms with E-state index in [0.29, 0.717) is 19.7 Å². The van der Waals surface area contributed by atoms with Crippen molar-refractivity contribution >= 4 is 61.4 Å². The Balaban J connectivity index is 1.38. The Morgan fingerprint density at radius 2 is 2.03 bits per heavy atom. The second kappa shape index (κ2) is 8.54. The Morgan fingerprint density at radius 3 is 2.83 bits per heavy atom. The Hall–Kier alpha value is -2.76. The minimum absolute atomic E-state index is 0.102. The summed E-state index contributed by atoms with van der Waals surface area (Å²) in [6, 6.07) is 7.95. The summed E-state index contributed by atoms with van der Waals surface area (Å²) in [5.74, 6) is -0.221. The van der Waals surface area contributed by atoms with Crippen molar-refractivity contribution in [1.82, 2.24) is 19.9 Å². The van der Waals surface area contributed by atoms with Gasteiger partial charge in [-0.05, 0) is 44.0 Å². The number of benzene rings is 1. The smallest absolute Gasteiger partial charge is 0.281 e. The Morgan fingerprint density at radius 1 is 1.20 bits per heavy atom. The molecule has 4 aromatic rings. The van der Waals surface area contributed by atoms with Gasteiger partial charge in [0.25, 0.3) is 5.56 Å². The van der Waals surface area contributed by atoms with Gasteiger partial charge < -0.3 is 5.32 Å². The van der Waals surface area contributed by atoms with Gasteiger partial charge in [-0.15, -0.1) is 21.5 Å². The average Bonchev–Trinajstić information content (AvgIpc) is 3.27. The van der Waals surface area contributed by atoms with Gasteiger partial charge in [0.15, 0.2) is 4.34 Å². The van der Waals surface area contributed by atoms with Gasteiger partial charge >= 0.3 is 0 Å². The zero-order chi connectivity index (χ0) is 21.3. The first kappa shape index (κ1) is 20.5. The predicted molar refractivity (Wildman–Crippen MR) is 123 cm³/mol. The van der Waals surface area contributed by atoms with Crippen molar-refractivity contribution in [3.63, 3.8) is 0 Å². The number of rotatable bonds is 6. The lowest BCUT2D eigenvalue weighted by Crippen LogP contribution is -2.34. The Labute approximate surface area is 184 Å². The molecule has 0 saturated heterocycles. The second-order valence-electron chi connectivity index (χ2n) is 6.57. The van der Waals surface area contributed by atoms with Crippen LogP contribution in [-0.4, -0.2) is 31.5 Å². The summed E-state index contributed by atoms with van der Waals surface area (Å²) < 4.78 is 1.79. The molecule has 154 valence electrons. The van der Waals surface area contributed by atoms with Crippen molar-refractivity contribution in [3.8, 4) is 0 Å². The number of amides is 1. The van der Waals surface area contributed by atoms with Gasteiger partial charge in [-0.2, -0.15) is 0 Å². The van der Waals surface area contributed by atoms with E-state index in [1.165, 1.54) is 40.8 Å². The molecule has 2 N–H and O–H groups in total. The monoisotopic (exact) mass is 458 g/mol. The van der Waals surface area contributed by atoms with Crippen LogP contribution in [0.15, 0.2) is 39.7 Å². The molecule has 3 aromatic heterocycles. The molecular weight excluding hydrogens is 440 g/mol. The summed E-state index contributed by atoms with van der Waals surface area (Å²) in [5, 5.41) is 12.6. The molecule has 0 aliphatic rings. The number of nitrogens with one attached hydrogen (secondary N) is 2. The number of thioether (sulfide) groups is 1. The van der Waals surface area contributed by atoms with Crippen molar-refractivity contribution in [2.24, 2.45) is 0 Å². The van der Waals surface area contributed by atoms with Crippen molar-refractivity contribution in [2.75, 3.05) is 16.5 Å². The van der Waals surface area contributed by atoms with E-state index >= 15 is 0 Å². The number of aromatic nitrogens is 4. The van der Waals surface area contributed by atoms with Crippen LogP contribution in [-0.2, 0) is 4.79 Å². The SMILES string of the molecule is Cc1cccc(Nc2nnc(SCC(=O)Nn3cnc4sc(C)c(C)c4c3=O)s2)c1. The number of carbonyl (C=O) groups is 1. The third-order valence-electron chi connectivity index (χ3n) is 4.34. The first-order valence-corrected chi connectivity index (χ1v) is 11.6. The third kappa shape index (κ3) is 4.37. The maximum Gasteiger partial charge on any atom is 0.281 e. The molecule has 11 heteroatoms. The van der Waals surface area contributed by atoms with E-state index in [1.54, 1.807) is 0 Å². The van der Waals surface area contributed by atoms with Gasteiger partial charge in [0.2, 0.25) is 11.0 Å². The molecule has 3 heterocycles. The number of hydrogen-bond acceptors (Lipinski definition) is 9. The lowest BCUT2D eigenvalue weighted by atomic mass is 10.2. The van der Waals surface area contributed by atoms with Crippen LogP contribution < -0.4 is 16.3 Å². The van der Waals surface area contributed by atoms with Crippen LogP contribution in [0.2, 0.25) is 0 Å². The number of nitrogens with zero attached hydrogens (tertiary/aromatic N) is 4. The first-order valence-electron chi connectivity index (χ1n) is 8.98. The highest BCUT2D eigenvalue weighted by Gasteiger charge is 2.14. The highest BCUT2D eigenvalue weighted by molar-refractivity contribution is 8.01. The Bertz CT molecular complexity index is 1290. The standard InChI is InChI=1S/C19H18N6O2S3/c1-10-5-4-6-13(7-10)21-18-22-23-19(30-18)28-8-14(26)24-25-9-20-16-15(17(25)27)11(2)12(3)29-16/h4-7,9H,8H2,1-3H3,(H,21,22)(H,24,26). The quantitative estimate of drug-likeness (QED) is 0.423. The van der Waals surface area contributed by atoms with Crippen LogP contribution in [0.25, 0.3) is 10.2 Å². The minimum atomic E-state index is -0.323. The van der Waals surface area contributed by atoms with E-state index in [9.17, 15) is 9.59 Å². The van der Waals surface area contributed by atoms with Gasteiger partial charge in [0.1, 0.15) is 11.2 Å². The maximum atomic E-state index is 12.7. The fourth-order valence-corrected chi connectivity index (χ4v) is 5.33. The molecular formula is C19H18N6O2S3. The average molecular weight is 459 g/mol. The highest BCUT2D eigenvalue weighted by Crippen LogP contribution is 2.28. The molecule has 1 amide bonds. The molecule has 0 bridgehead atoms. The first-order chi connectivity index (χ1) is 14.4. The fraction of sp³-hybridized carbons (Fsp3) is 0.211. The molecule has 30 heavy (non-hydrogen) atoms. The molecule has 1 aromatic carbocycles. The lowest BCUT2D eigenvalue weighted by Gasteiger charge is -2.06. The summed E-state index contributed by atoms with van der Waals surface area (Å²) >= 11 is 4.09. The van der Waals surface area contributed by atoms with Crippen molar-refractivity contribution in [3.05, 3.63) is 57.0 Å². The van der Waals surface area contributed by atoms with E-state index in [-0.39, 0.29) is 17.2 Å². The second-order valence-corrected chi connectivity index (χ2v) is 9.98. The van der Waals surface area contributed by atoms with Crippen molar-refractivity contribution in [1.29, 1.82) is 0 Å². The van der Waals surface area contributed by atoms with Gasteiger partial charge in [0, 0.05) is 10.6 Å². The van der Waals surface area contributed by atoms with E-state index in [0.717, 1.165) is 26.4 Å². The Kier molecular flexibility index (Phi) is 5.84. The number of fused-ring (bicyclic) bond motifs is 1. The molecule has 0 aliphatic carbocycles. The minimum Gasteiger partial charge on any atom is -0.330 e. The highest BCUT2D eigenvalue weighted by atomic mass is 32.2. The summed E-state index contributed by atoms with van der Waals surface area (Å²) in [7, 11) is 0. The summed E-state index contributed by atoms with van der Waals surface area (Å²) in [4.78, 5) is 31.0. The zero-order valence-corrected chi connectivity index (χ0v) is 18.9. The van der Waals surface area contributed by atoms with E-state index in [1.807, 2.05) is 45.0 Å². The number of hydrogen-bond donors (Lipinski definition) is 2. The van der Waals surface area contributed by atoms with Gasteiger partial charge in [-0.25, -0.2) is 9.66 Å². The summed E-state index contributed by atoms with van der Waals surface area (Å²) in [6.45, 7) is 5.85. The van der Waals surface area contributed by atoms with Crippen LogP contribution in [0.5, 0.6) is 0 Å². The third-order valence-corrected chi connectivity index (χ3v) is 7.42. The normalized spacial score (nSPS) is 11.0. The van der Waals surface area contributed by atoms with Crippen LogP contribution in [0.1, 0.15) is 16.0 Å². The number of aryl methyl sites for hydroxylation is 3. The van der Waals surface area contributed by atoms with E-state index in [2.05, 4.69) is 25.9 Å². The molecule has 0 unspecified atom stereocenters. The molecule has 0 aliphatic heterocycles. The topological polar surface area (TPSA) is 102 Å². The van der Waals surface area contributed by atoms with Crippen LogP contribution >= 0.6 is 34.4 Å². The van der Waals surface area contributed by atoms with Crippen LogP contribution in [0, 0.1) is 20.8 Å². The van der Waals surface area contributed by atoms with E-state index < -0.39 is 0 Å². The molecule has 0 radical (unpaired) electrons. The van der Waals surface area contributed by atoms with Gasteiger partial charge in [-0.1, -0.05) is 35.2 Å². The molecule has 0 atom stereocenters. The van der Waals surface area contributed by atoms with E-state index in [4.69, 9.17) is 0 Å². The fourth-order valence-electron chi connectivity index (χ4n) is 2.77. The maximum absolute atomic E-state index is 12.7. The number of thiophene rings is 1. The van der Waals surface area contributed by atoms with Gasteiger partial charge in [-0.3, -0.25) is 15.0 Å². The van der Waals surface area contributed by atoms with Crippen molar-refractivity contribution in [2.45, 2.75) is 25.1 Å². The molecule has 4 rings (SSSR count). The molecule has 0 spiro atoms. The van der Waals surface area contributed by atoms with Crippen LogP contribution in [0.4, 0.5) is 10.8 Å². The molecule has 0 saturated carbocycles. The predicted octanol–water partition coefficient (Wildman–Crippen LogP) is 3.84. The van der Waals surface area contributed by atoms with Crippen LogP contribution in [0.3, 0.4) is 0 Å². The zero-order valence-electron chi connectivity index (χ0n) is 16.4. The molecule has 0 fully saturated rings. The number of anilines is 2. The number of carbonyl (C=O) groups excluding carboxylic acids is 1. The molecule has 8 nitrogen and oxygen atoms in total. The summed E-state index contributed by atoms with van der Waals surface area (Å²) in [5.41, 5.74) is 5.29. The lowest BCUT2D eigenvalue weighted by molar-refractivity contribution is -0.114. The summed E-state index contributed by atoms with van der Waals surface area (Å²) in [6.07, 6.45) is 1.34.